The van der Waals surface area contributed by atoms with E-state index in [9.17, 15) is 23.6 Å². The van der Waals surface area contributed by atoms with Crippen molar-refractivity contribution in [3.05, 3.63) is 75.2 Å². The fraction of sp³-hybridized carbons (Fsp3) is 0.304. The maximum Gasteiger partial charge on any atom is 0.329 e. The van der Waals surface area contributed by atoms with E-state index in [0.717, 1.165) is 17.4 Å². The topological polar surface area (TPSA) is 116 Å². The van der Waals surface area contributed by atoms with E-state index in [-0.39, 0.29) is 18.4 Å². The summed E-state index contributed by atoms with van der Waals surface area (Å²) in [5.74, 6) is -0.752. The molecular formula is C23H24FN5O4. The lowest BCUT2D eigenvalue weighted by Gasteiger charge is -2.33. The largest absolute Gasteiger partial charge is 0.341 e. The first-order valence-corrected chi connectivity index (χ1v) is 10.7. The predicted octanol–water partition coefficient (Wildman–Crippen LogP) is 1.89. The van der Waals surface area contributed by atoms with Crippen molar-refractivity contribution in [2.45, 2.75) is 19.4 Å². The van der Waals surface area contributed by atoms with Crippen molar-refractivity contribution < 1.29 is 14.0 Å². The second-order valence-corrected chi connectivity index (χ2v) is 8.06. The molecule has 1 aliphatic rings. The van der Waals surface area contributed by atoms with Crippen LogP contribution < -0.4 is 21.9 Å². The van der Waals surface area contributed by atoms with Crippen LogP contribution in [0.5, 0.6) is 0 Å². The number of fused-ring (bicyclic) bond motifs is 1. The highest BCUT2D eigenvalue weighted by molar-refractivity contribution is 5.89. The first kappa shape index (κ1) is 22.3. The predicted molar refractivity (Wildman–Crippen MR) is 122 cm³/mol. The van der Waals surface area contributed by atoms with Gasteiger partial charge in [-0.05, 0) is 49.1 Å². The van der Waals surface area contributed by atoms with Crippen LogP contribution in [-0.2, 0) is 11.3 Å². The lowest BCUT2D eigenvalue weighted by Crippen LogP contribution is -2.47. The highest BCUT2D eigenvalue weighted by Gasteiger charge is 2.25. The van der Waals surface area contributed by atoms with Gasteiger partial charge < -0.3 is 20.5 Å². The number of nitrogens with one attached hydrogen (secondary N) is 3. The van der Waals surface area contributed by atoms with Crippen molar-refractivity contribution in [2.24, 2.45) is 5.92 Å². The lowest BCUT2D eigenvalue weighted by atomic mass is 9.98. The third-order valence-electron chi connectivity index (χ3n) is 5.69. The zero-order chi connectivity index (χ0) is 23.4. The van der Waals surface area contributed by atoms with Gasteiger partial charge in [0.2, 0.25) is 5.91 Å². The smallest absolute Gasteiger partial charge is 0.329 e. The van der Waals surface area contributed by atoms with Crippen LogP contribution in [0.1, 0.15) is 12.8 Å². The second kappa shape index (κ2) is 9.68. The number of amides is 3. The highest BCUT2D eigenvalue weighted by Crippen LogP contribution is 2.16. The quantitative estimate of drug-likeness (QED) is 0.547. The molecule has 1 fully saturated rings. The van der Waals surface area contributed by atoms with Crippen LogP contribution in [0.25, 0.3) is 10.9 Å². The normalized spacial score (nSPS) is 15.9. The molecule has 3 amide bonds. The number of hydrogen-bond donors (Lipinski definition) is 3. The summed E-state index contributed by atoms with van der Waals surface area (Å²) in [6, 6.07) is 11.8. The molecule has 33 heavy (non-hydrogen) atoms. The standard InChI is InChI=1S/C23H24FN5O4/c24-16-6-3-7-17(11-16)26-22(32)25-12-15-5-4-10-28(13-15)20(30)14-29-21(31)18-8-1-2-9-19(18)27-23(29)33/h1-3,6-9,11,15H,4-5,10,12-14H2,(H,27,33)(H2,25,26,32). The van der Waals surface area contributed by atoms with Crippen molar-refractivity contribution in [3.63, 3.8) is 0 Å². The first-order chi connectivity index (χ1) is 15.9. The molecule has 0 saturated carbocycles. The molecule has 10 heteroatoms. The maximum absolute atomic E-state index is 13.2. The Kier molecular flexibility index (Phi) is 6.53. The number of piperidine rings is 1. The average molecular weight is 453 g/mol. The number of aromatic nitrogens is 2. The Morgan fingerprint density at radius 1 is 1.12 bits per heavy atom. The number of anilines is 1. The molecule has 0 spiro atoms. The van der Waals surface area contributed by atoms with E-state index in [1.165, 1.54) is 18.2 Å². The molecule has 4 rings (SSSR count). The minimum absolute atomic E-state index is 0.0209. The van der Waals surface area contributed by atoms with E-state index in [4.69, 9.17) is 0 Å². The second-order valence-electron chi connectivity index (χ2n) is 8.06. The number of halogens is 1. The zero-order valence-electron chi connectivity index (χ0n) is 17.8. The molecule has 172 valence electrons. The molecule has 3 aromatic rings. The molecule has 1 aromatic heterocycles. The van der Waals surface area contributed by atoms with Gasteiger partial charge in [0.05, 0.1) is 10.9 Å². The van der Waals surface area contributed by atoms with Gasteiger partial charge in [-0.15, -0.1) is 0 Å². The van der Waals surface area contributed by atoms with Crippen molar-refractivity contribution in [1.82, 2.24) is 19.8 Å². The number of hydrogen-bond acceptors (Lipinski definition) is 4. The summed E-state index contributed by atoms with van der Waals surface area (Å²) in [5, 5.41) is 5.66. The number of H-pyrrole nitrogens is 1. The van der Waals surface area contributed by atoms with Crippen LogP contribution >= 0.6 is 0 Å². The van der Waals surface area contributed by atoms with Gasteiger partial charge in [-0.3, -0.25) is 14.2 Å². The summed E-state index contributed by atoms with van der Waals surface area (Å²) in [6.07, 6.45) is 1.56. The molecule has 0 aliphatic carbocycles. The van der Waals surface area contributed by atoms with Crippen molar-refractivity contribution in [3.8, 4) is 0 Å². The zero-order valence-corrected chi connectivity index (χ0v) is 17.8. The van der Waals surface area contributed by atoms with Crippen molar-refractivity contribution in [2.75, 3.05) is 25.0 Å². The Hall–Kier alpha value is -3.95. The van der Waals surface area contributed by atoms with Crippen LogP contribution in [0.4, 0.5) is 14.9 Å². The number of nitrogens with zero attached hydrogens (tertiary/aromatic N) is 2. The Bertz CT molecular complexity index is 1300. The molecule has 0 radical (unpaired) electrons. The number of carbonyl (C=O) groups excluding carboxylic acids is 2. The summed E-state index contributed by atoms with van der Waals surface area (Å²) in [4.78, 5) is 54.2. The van der Waals surface area contributed by atoms with E-state index in [1.807, 2.05) is 0 Å². The number of carbonyl (C=O) groups is 2. The Morgan fingerprint density at radius 2 is 1.94 bits per heavy atom. The third kappa shape index (κ3) is 5.28. The Morgan fingerprint density at radius 3 is 2.76 bits per heavy atom. The summed E-state index contributed by atoms with van der Waals surface area (Å²) in [5.41, 5.74) is -0.362. The van der Waals surface area contributed by atoms with E-state index >= 15 is 0 Å². The molecule has 1 atom stereocenters. The van der Waals surface area contributed by atoms with Gasteiger partial charge in [0, 0.05) is 25.3 Å². The molecule has 1 saturated heterocycles. The van der Waals surface area contributed by atoms with Crippen LogP contribution in [0.15, 0.2) is 58.1 Å². The van der Waals surface area contributed by atoms with Gasteiger partial charge >= 0.3 is 11.7 Å². The van der Waals surface area contributed by atoms with Gasteiger partial charge in [0.25, 0.3) is 5.56 Å². The number of rotatable bonds is 5. The number of para-hydroxylation sites is 1. The Balaban J connectivity index is 1.35. The van der Waals surface area contributed by atoms with Gasteiger partial charge in [-0.2, -0.15) is 0 Å². The van der Waals surface area contributed by atoms with Crippen LogP contribution in [0.3, 0.4) is 0 Å². The van der Waals surface area contributed by atoms with Crippen molar-refractivity contribution >= 4 is 28.5 Å². The fourth-order valence-corrected chi connectivity index (χ4v) is 4.01. The SMILES string of the molecule is O=C(NCC1CCCN(C(=O)Cn2c(=O)[nH]c3ccccc3c2=O)C1)Nc1cccc(F)c1. The summed E-state index contributed by atoms with van der Waals surface area (Å²) in [7, 11) is 0. The van der Waals surface area contributed by atoms with E-state index in [0.29, 0.717) is 36.2 Å². The summed E-state index contributed by atoms with van der Waals surface area (Å²) in [6.45, 7) is 0.908. The maximum atomic E-state index is 13.2. The summed E-state index contributed by atoms with van der Waals surface area (Å²) >= 11 is 0. The molecule has 0 bridgehead atoms. The number of likely N-dealkylation sites (tertiary alicyclic amines) is 1. The fourth-order valence-electron chi connectivity index (χ4n) is 4.01. The molecule has 2 aromatic carbocycles. The minimum atomic E-state index is -0.628. The average Bonchev–Trinajstić information content (AvgIpc) is 2.80. The first-order valence-electron chi connectivity index (χ1n) is 10.7. The molecule has 9 nitrogen and oxygen atoms in total. The lowest BCUT2D eigenvalue weighted by molar-refractivity contribution is -0.133. The van der Waals surface area contributed by atoms with Gasteiger partial charge in [0.1, 0.15) is 12.4 Å². The van der Waals surface area contributed by atoms with E-state index in [1.54, 1.807) is 35.2 Å². The van der Waals surface area contributed by atoms with Gasteiger partial charge in [-0.1, -0.05) is 18.2 Å². The third-order valence-corrected chi connectivity index (χ3v) is 5.69. The molecule has 1 aliphatic heterocycles. The molecule has 3 N–H and O–H groups in total. The van der Waals surface area contributed by atoms with Crippen LogP contribution in [0, 0.1) is 11.7 Å². The van der Waals surface area contributed by atoms with Crippen molar-refractivity contribution in [1.29, 1.82) is 0 Å². The minimum Gasteiger partial charge on any atom is -0.341 e. The molecule has 2 heterocycles. The van der Waals surface area contributed by atoms with Gasteiger partial charge in [0.15, 0.2) is 0 Å². The summed E-state index contributed by atoms with van der Waals surface area (Å²) < 4.78 is 14.2. The number of benzene rings is 2. The van der Waals surface area contributed by atoms with Crippen LogP contribution in [0.2, 0.25) is 0 Å². The Labute approximate surface area is 188 Å². The highest BCUT2D eigenvalue weighted by atomic mass is 19.1. The van der Waals surface area contributed by atoms with E-state index in [2.05, 4.69) is 15.6 Å². The number of urea groups is 1. The molecular weight excluding hydrogens is 429 g/mol. The monoisotopic (exact) mass is 453 g/mol. The molecule has 1 unspecified atom stereocenters. The van der Waals surface area contributed by atoms with Gasteiger partial charge in [-0.25, -0.2) is 14.0 Å². The van der Waals surface area contributed by atoms with E-state index < -0.39 is 23.1 Å². The number of aromatic amines is 1. The van der Waals surface area contributed by atoms with Crippen LogP contribution in [-0.4, -0.2) is 46.0 Å².